The normalized spacial score (nSPS) is 14.4. The minimum absolute atomic E-state index is 0. The second kappa shape index (κ2) is 17.3. The van der Waals surface area contributed by atoms with Crippen molar-refractivity contribution < 1.29 is 32.0 Å². The molecule has 0 heterocycles. The smallest absolute Gasteiger partial charge is 0.327 e. The highest BCUT2D eigenvalue weighted by atomic mass is 32.2. The Morgan fingerprint density at radius 1 is 0.862 bits per heavy atom. The SMILES string of the molecule is CCCCC(CC)COC(=O)CC(C(=O)OCC(CC)CCCC)S(=O)(=O)O.[Mg]. The first-order valence-electron chi connectivity index (χ1n) is 10.5. The quantitative estimate of drug-likeness (QED) is 0.218. The molecule has 0 saturated carbocycles. The number of rotatable bonds is 16. The van der Waals surface area contributed by atoms with Crippen LogP contribution in [-0.4, -0.2) is 66.4 Å². The van der Waals surface area contributed by atoms with Crippen molar-refractivity contribution in [2.24, 2.45) is 11.8 Å². The molecule has 29 heavy (non-hydrogen) atoms. The molecule has 0 spiro atoms. The Balaban J connectivity index is 0. The summed E-state index contributed by atoms with van der Waals surface area (Å²) in [5, 5.41) is -1.95. The predicted octanol–water partition coefficient (Wildman–Crippen LogP) is 3.77. The number of esters is 2. The van der Waals surface area contributed by atoms with E-state index in [-0.39, 0.29) is 48.1 Å². The number of unbranched alkanes of at least 4 members (excludes halogenated alkanes) is 2. The van der Waals surface area contributed by atoms with E-state index in [0.717, 1.165) is 51.4 Å². The fourth-order valence-electron chi connectivity index (χ4n) is 2.82. The van der Waals surface area contributed by atoms with Crippen molar-refractivity contribution in [3.8, 4) is 0 Å². The van der Waals surface area contributed by atoms with Gasteiger partial charge in [-0.1, -0.05) is 66.2 Å². The fourth-order valence-corrected chi connectivity index (χ4v) is 3.48. The molecule has 0 rings (SSSR count). The van der Waals surface area contributed by atoms with E-state index in [0.29, 0.717) is 0 Å². The molecule has 0 saturated heterocycles. The van der Waals surface area contributed by atoms with Crippen LogP contribution in [0.1, 0.15) is 85.5 Å². The van der Waals surface area contributed by atoms with Gasteiger partial charge < -0.3 is 9.47 Å². The number of hydrogen-bond donors (Lipinski definition) is 1. The topological polar surface area (TPSA) is 107 Å². The molecule has 2 radical (unpaired) electrons. The van der Waals surface area contributed by atoms with Gasteiger partial charge in [0.25, 0.3) is 10.1 Å². The van der Waals surface area contributed by atoms with Crippen molar-refractivity contribution in [2.45, 2.75) is 90.7 Å². The van der Waals surface area contributed by atoms with Crippen LogP contribution in [0.4, 0.5) is 0 Å². The van der Waals surface area contributed by atoms with Crippen LogP contribution in [0.5, 0.6) is 0 Å². The fraction of sp³-hybridized carbons (Fsp3) is 0.900. The maximum Gasteiger partial charge on any atom is 0.327 e. The zero-order valence-corrected chi connectivity index (χ0v) is 20.8. The lowest BCUT2D eigenvalue weighted by molar-refractivity contribution is -0.151. The molecule has 7 nitrogen and oxygen atoms in total. The molecule has 0 aromatic rings. The van der Waals surface area contributed by atoms with E-state index < -0.39 is 33.7 Å². The maximum atomic E-state index is 12.2. The maximum absolute atomic E-state index is 12.2. The number of carbonyl (C=O) groups excluding carboxylic acids is 2. The van der Waals surface area contributed by atoms with E-state index in [1.807, 2.05) is 13.8 Å². The first kappa shape index (κ1) is 30.8. The summed E-state index contributed by atoms with van der Waals surface area (Å²) in [6.07, 6.45) is 6.74. The molecule has 0 aromatic heterocycles. The second-order valence-corrected chi connectivity index (χ2v) is 8.95. The molecule has 0 aliphatic heterocycles. The molecular formula is C20H38MgO7S. The molecule has 3 unspecified atom stereocenters. The van der Waals surface area contributed by atoms with E-state index in [1.165, 1.54) is 0 Å². The van der Waals surface area contributed by atoms with Crippen LogP contribution in [0.2, 0.25) is 0 Å². The van der Waals surface area contributed by atoms with Crippen molar-refractivity contribution in [2.75, 3.05) is 13.2 Å². The predicted molar refractivity (Wildman–Crippen MR) is 114 cm³/mol. The highest BCUT2D eigenvalue weighted by molar-refractivity contribution is 7.87. The zero-order valence-electron chi connectivity index (χ0n) is 18.5. The highest BCUT2D eigenvalue weighted by Crippen LogP contribution is 2.17. The lowest BCUT2D eigenvalue weighted by Gasteiger charge is -2.18. The molecule has 168 valence electrons. The van der Waals surface area contributed by atoms with Gasteiger partial charge in [-0.25, -0.2) is 0 Å². The summed E-state index contributed by atoms with van der Waals surface area (Å²) < 4.78 is 42.8. The van der Waals surface area contributed by atoms with Crippen LogP contribution in [0, 0.1) is 11.8 Å². The van der Waals surface area contributed by atoms with E-state index in [1.54, 1.807) is 0 Å². The number of carbonyl (C=O) groups is 2. The van der Waals surface area contributed by atoms with Gasteiger partial charge in [-0.15, -0.1) is 0 Å². The Labute approximate surface area is 192 Å². The van der Waals surface area contributed by atoms with Crippen LogP contribution in [0.15, 0.2) is 0 Å². The van der Waals surface area contributed by atoms with Gasteiger partial charge in [0.1, 0.15) is 0 Å². The first-order valence-corrected chi connectivity index (χ1v) is 12.0. The van der Waals surface area contributed by atoms with E-state index in [2.05, 4.69) is 13.8 Å². The molecule has 9 heteroatoms. The number of hydrogen-bond acceptors (Lipinski definition) is 6. The summed E-state index contributed by atoms with van der Waals surface area (Å²) in [4.78, 5) is 24.2. The number of ether oxygens (including phenoxy) is 2. The van der Waals surface area contributed by atoms with Crippen LogP contribution in [0.25, 0.3) is 0 Å². The lowest BCUT2D eigenvalue weighted by atomic mass is 10.0. The standard InChI is InChI=1S/C20H38O7S.Mg/c1-5-9-11-16(7-3)14-26-19(21)13-18(28(23,24)25)20(22)27-15-17(8-4)12-10-6-2;/h16-18H,5-15H2,1-4H3,(H,23,24,25);. The van der Waals surface area contributed by atoms with Gasteiger partial charge in [0.2, 0.25) is 0 Å². The van der Waals surface area contributed by atoms with Gasteiger partial charge in [0.05, 0.1) is 19.6 Å². The average molecular weight is 447 g/mol. The van der Waals surface area contributed by atoms with Gasteiger partial charge in [-0.05, 0) is 24.7 Å². The van der Waals surface area contributed by atoms with Gasteiger partial charge in [-0.3, -0.25) is 14.1 Å². The van der Waals surface area contributed by atoms with E-state index in [9.17, 15) is 22.6 Å². The highest BCUT2D eigenvalue weighted by Gasteiger charge is 2.36. The minimum Gasteiger partial charge on any atom is -0.465 e. The summed E-state index contributed by atoms with van der Waals surface area (Å²) >= 11 is 0. The van der Waals surface area contributed by atoms with Gasteiger partial charge in [-0.2, -0.15) is 8.42 Å². The first-order chi connectivity index (χ1) is 13.2. The van der Waals surface area contributed by atoms with Crippen LogP contribution in [-0.2, 0) is 29.2 Å². The Hall–Kier alpha value is -0.384. The summed E-state index contributed by atoms with van der Waals surface area (Å²) in [5.41, 5.74) is 0. The molecule has 0 bridgehead atoms. The van der Waals surface area contributed by atoms with Gasteiger partial charge in [0, 0.05) is 23.1 Å². The second-order valence-electron chi connectivity index (χ2n) is 7.35. The summed E-state index contributed by atoms with van der Waals surface area (Å²) in [5.74, 6) is -1.61. The molecule has 0 amide bonds. The minimum atomic E-state index is -4.76. The largest absolute Gasteiger partial charge is 0.465 e. The lowest BCUT2D eigenvalue weighted by Crippen LogP contribution is -2.35. The van der Waals surface area contributed by atoms with Crippen LogP contribution < -0.4 is 0 Å². The van der Waals surface area contributed by atoms with Gasteiger partial charge >= 0.3 is 11.9 Å². The monoisotopic (exact) mass is 446 g/mol. The Kier molecular flexibility index (Phi) is 18.4. The van der Waals surface area contributed by atoms with Crippen molar-refractivity contribution >= 4 is 45.1 Å². The summed E-state index contributed by atoms with van der Waals surface area (Å²) in [6.45, 7) is 8.35. The molecule has 0 aliphatic carbocycles. The zero-order chi connectivity index (χ0) is 21.6. The molecule has 0 aromatic carbocycles. The van der Waals surface area contributed by atoms with Gasteiger partial charge in [0.15, 0.2) is 5.25 Å². The molecule has 0 fully saturated rings. The van der Waals surface area contributed by atoms with Crippen LogP contribution in [0.3, 0.4) is 0 Å². The Morgan fingerprint density at radius 2 is 1.31 bits per heavy atom. The Morgan fingerprint density at radius 3 is 1.69 bits per heavy atom. The summed E-state index contributed by atoms with van der Waals surface area (Å²) in [7, 11) is -4.76. The molecule has 1 N–H and O–H groups in total. The molecule has 0 aliphatic rings. The van der Waals surface area contributed by atoms with Crippen molar-refractivity contribution in [1.29, 1.82) is 0 Å². The third kappa shape index (κ3) is 14.3. The van der Waals surface area contributed by atoms with E-state index in [4.69, 9.17) is 9.47 Å². The Bertz CT molecular complexity index is 551. The molecular weight excluding hydrogens is 409 g/mol. The van der Waals surface area contributed by atoms with Crippen LogP contribution >= 0.6 is 0 Å². The average Bonchev–Trinajstić information content (AvgIpc) is 2.65. The van der Waals surface area contributed by atoms with Crippen molar-refractivity contribution in [3.63, 3.8) is 0 Å². The third-order valence-electron chi connectivity index (χ3n) is 5.00. The van der Waals surface area contributed by atoms with Crippen molar-refractivity contribution in [1.82, 2.24) is 0 Å². The van der Waals surface area contributed by atoms with E-state index >= 15 is 0 Å². The van der Waals surface area contributed by atoms with Crippen molar-refractivity contribution in [3.05, 3.63) is 0 Å². The molecule has 3 atom stereocenters. The summed E-state index contributed by atoms with van der Waals surface area (Å²) in [6, 6.07) is 0. The third-order valence-corrected chi connectivity index (χ3v) is 6.08.